The Morgan fingerprint density at radius 1 is 1.42 bits per heavy atom. The van der Waals surface area contributed by atoms with Gasteiger partial charge in [0.2, 0.25) is 5.89 Å². The van der Waals surface area contributed by atoms with Gasteiger partial charge in [-0.15, -0.1) is 0 Å². The van der Waals surface area contributed by atoms with Gasteiger partial charge in [-0.3, -0.25) is 0 Å². The highest BCUT2D eigenvalue weighted by Crippen LogP contribution is 2.23. The van der Waals surface area contributed by atoms with Gasteiger partial charge in [0.1, 0.15) is 0 Å². The maximum atomic E-state index is 11.9. The van der Waals surface area contributed by atoms with E-state index >= 15 is 0 Å². The number of hydrogen-bond acceptors (Lipinski definition) is 4. The van der Waals surface area contributed by atoms with Crippen LogP contribution in [0.5, 0.6) is 0 Å². The van der Waals surface area contributed by atoms with E-state index in [2.05, 4.69) is 20.8 Å². The molecule has 2 amide bonds. The fourth-order valence-electron chi connectivity index (χ4n) is 2.39. The van der Waals surface area contributed by atoms with Crippen LogP contribution < -0.4 is 10.6 Å². The second-order valence-corrected chi connectivity index (χ2v) is 5.75. The molecule has 2 N–H and O–H groups in total. The van der Waals surface area contributed by atoms with Gasteiger partial charge >= 0.3 is 6.03 Å². The Bertz CT molecular complexity index is 436. The molecule has 1 aromatic rings. The highest BCUT2D eigenvalue weighted by atomic mass is 16.5. The van der Waals surface area contributed by atoms with E-state index in [1.54, 1.807) is 6.92 Å². The number of carbonyl (C=O) groups is 1. The molecule has 1 fully saturated rings. The van der Waals surface area contributed by atoms with E-state index < -0.39 is 5.54 Å². The number of aryl methyl sites for hydroxylation is 1. The minimum absolute atomic E-state index is 0.181. The molecule has 1 aromatic heterocycles. The van der Waals surface area contributed by atoms with Crippen molar-refractivity contribution in [2.75, 3.05) is 6.54 Å². The predicted molar refractivity (Wildman–Crippen MR) is 70.6 cm³/mol. The van der Waals surface area contributed by atoms with Crippen LogP contribution in [0.4, 0.5) is 4.79 Å². The molecule has 1 heterocycles. The van der Waals surface area contributed by atoms with Gasteiger partial charge < -0.3 is 15.2 Å². The van der Waals surface area contributed by atoms with Crippen LogP contribution in [-0.4, -0.2) is 22.7 Å². The van der Waals surface area contributed by atoms with Gasteiger partial charge in [-0.2, -0.15) is 4.98 Å². The maximum absolute atomic E-state index is 11.9. The summed E-state index contributed by atoms with van der Waals surface area (Å²) in [6, 6.07) is -0.181. The van der Waals surface area contributed by atoms with Crippen molar-refractivity contribution in [2.45, 2.75) is 52.0 Å². The van der Waals surface area contributed by atoms with Gasteiger partial charge in [-0.25, -0.2) is 4.79 Å². The van der Waals surface area contributed by atoms with Crippen LogP contribution >= 0.6 is 0 Å². The summed E-state index contributed by atoms with van der Waals surface area (Å²) in [5.41, 5.74) is -0.641. The van der Waals surface area contributed by atoms with E-state index in [9.17, 15) is 4.79 Å². The first-order valence-electron chi connectivity index (χ1n) is 6.84. The van der Waals surface area contributed by atoms with E-state index in [1.807, 2.05) is 13.8 Å². The third-order valence-corrected chi connectivity index (χ3v) is 3.54. The van der Waals surface area contributed by atoms with Crippen LogP contribution in [0.25, 0.3) is 0 Å². The molecule has 19 heavy (non-hydrogen) atoms. The molecule has 0 bridgehead atoms. The lowest BCUT2D eigenvalue weighted by Gasteiger charge is -2.23. The lowest BCUT2D eigenvalue weighted by atomic mass is 10.1. The highest BCUT2D eigenvalue weighted by Gasteiger charge is 2.28. The Balaban J connectivity index is 1.83. The summed E-state index contributed by atoms with van der Waals surface area (Å²) in [7, 11) is 0. The Morgan fingerprint density at radius 2 is 2.11 bits per heavy atom. The molecule has 0 saturated heterocycles. The van der Waals surface area contributed by atoms with Crippen molar-refractivity contribution in [1.29, 1.82) is 0 Å². The molecular formula is C13H22N4O2. The summed E-state index contributed by atoms with van der Waals surface area (Å²) >= 11 is 0. The number of rotatable bonds is 4. The molecule has 0 unspecified atom stereocenters. The number of carbonyl (C=O) groups excluding carboxylic acids is 1. The molecule has 0 radical (unpaired) electrons. The minimum Gasteiger partial charge on any atom is -0.340 e. The fraction of sp³-hybridized carbons (Fsp3) is 0.769. The molecule has 0 aromatic carbocycles. The van der Waals surface area contributed by atoms with E-state index in [-0.39, 0.29) is 6.03 Å². The maximum Gasteiger partial charge on any atom is 0.315 e. The summed E-state index contributed by atoms with van der Waals surface area (Å²) in [4.78, 5) is 16.0. The Hall–Kier alpha value is -1.59. The first-order valence-corrected chi connectivity index (χ1v) is 6.84. The normalized spacial score (nSPS) is 16.6. The third kappa shape index (κ3) is 3.68. The van der Waals surface area contributed by atoms with Gasteiger partial charge in [0, 0.05) is 13.5 Å². The summed E-state index contributed by atoms with van der Waals surface area (Å²) in [6.45, 7) is 6.18. The molecule has 6 heteroatoms. The molecular weight excluding hydrogens is 244 g/mol. The lowest BCUT2D eigenvalue weighted by molar-refractivity contribution is 0.225. The quantitative estimate of drug-likeness (QED) is 0.874. The number of nitrogens with one attached hydrogen (secondary N) is 2. The molecule has 1 aliphatic carbocycles. The summed E-state index contributed by atoms with van der Waals surface area (Å²) in [5.74, 6) is 1.61. The number of urea groups is 1. The van der Waals surface area contributed by atoms with Crippen molar-refractivity contribution < 1.29 is 9.32 Å². The number of nitrogens with zero attached hydrogens (tertiary/aromatic N) is 2. The second kappa shape index (κ2) is 5.59. The highest BCUT2D eigenvalue weighted by molar-refractivity contribution is 5.74. The topological polar surface area (TPSA) is 80.0 Å². The van der Waals surface area contributed by atoms with Gasteiger partial charge in [-0.1, -0.05) is 18.0 Å². The van der Waals surface area contributed by atoms with E-state index in [0.29, 0.717) is 17.6 Å². The first-order chi connectivity index (χ1) is 8.97. The largest absolute Gasteiger partial charge is 0.340 e. The second-order valence-electron chi connectivity index (χ2n) is 5.75. The number of hydrogen-bond donors (Lipinski definition) is 2. The Kier molecular flexibility index (Phi) is 4.07. The molecule has 0 aliphatic heterocycles. The van der Waals surface area contributed by atoms with Crippen molar-refractivity contribution in [3.8, 4) is 0 Å². The molecule has 0 atom stereocenters. The number of amides is 2. The van der Waals surface area contributed by atoms with Crippen LogP contribution in [0, 0.1) is 12.8 Å². The van der Waals surface area contributed by atoms with Gasteiger partial charge in [0.05, 0.1) is 5.54 Å². The van der Waals surface area contributed by atoms with E-state index in [0.717, 1.165) is 6.54 Å². The third-order valence-electron chi connectivity index (χ3n) is 3.54. The molecule has 1 saturated carbocycles. The average Bonchev–Trinajstić information content (AvgIpc) is 2.96. The van der Waals surface area contributed by atoms with Crippen LogP contribution in [0.1, 0.15) is 51.2 Å². The lowest BCUT2D eigenvalue weighted by Crippen LogP contribution is -2.47. The zero-order chi connectivity index (χ0) is 13.9. The molecule has 2 rings (SSSR count). The zero-order valence-corrected chi connectivity index (χ0v) is 11.8. The van der Waals surface area contributed by atoms with E-state index in [1.165, 1.54) is 25.7 Å². The van der Waals surface area contributed by atoms with Crippen molar-refractivity contribution in [1.82, 2.24) is 20.8 Å². The molecule has 0 spiro atoms. The summed E-state index contributed by atoms with van der Waals surface area (Å²) < 4.78 is 4.94. The fourth-order valence-corrected chi connectivity index (χ4v) is 2.39. The predicted octanol–water partition coefficient (Wildman–Crippen LogP) is 2.10. The van der Waals surface area contributed by atoms with Crippen molar-refractivity contribution in [3.63, 3.8) is 0 Å². The van der Waals surface area contributed by atoms with Crippen LogP contribution in [0.15, 0.2) is 4.52 Å². The Morgan fingerprint density at radius 3 is 2.68 bits per heavy atom. The first kappa shape index (κ1) is 13.8. The van der Waals surface area contributed by atoms with E-state index in [4.69, 9.17) is 4.52 Å². The Labute approximate surface area is 113 Å². The smallest absolute Gasteiger partial charge is 0.315 e. The standard InChI is InChI=1S/C13H22N4O2/c1-9-15-11(17-19-9)13(2,3)16-12(18)14-8-10-6-4-5-7-10/h10H,4-8H2,1-3H3,(H2,14,16,18). The van der Waals surface area contributed by atoms with Crippen LogP contribution in [-0.2, 0) is 5.54 Å². The van der Waals surface area contributed by atoms with Crippen molar-refractivity contribution in [2.24, 2.45) is 5.92 Å². The summed E-state index contributed by atoms with van der Waals surface area (Å²) in [5, 5.41) is 9.65. The number of aromatic nitrogens is 2. The van der Waals surface area contributed by atoms with Gasteiger partial charge in [0.15, 0.2) is 5.82 Å². The molecule has 6 nitrogen and oxygen atoms in total. The molecule has 106 valence electrons. The minimum atomic E-state index is -0.641. The average molecular weight is 266 g/mol. The van der Waals surface area contributed by atoms with Crippen LogP contribution in [0.2, 0.25) is 0 Å². The van der Waals surface area contributed by atoms with Crippen LogP contribution in [0.3, 0.4) is 0 Å². The van der Waals surface area contributed by atoms with Crippen molar-refractivity contribution >= 4 is 6.03 Å². The summed E-state index contributed by atoms with van der Waals surface area (Å²) in [6.07, 6.45) is 4.99. The van der Waals surface area contributed by atoms with Gasteiger partial charge in [-0.05, 0) is 32.6 Å². The van der Waals surface area contributed by atoms with Crippen molar-refractivity contribution in [3.05, 3.63) is 11.7 Å². The van der Waals surface area contributed by atoms with Gasteiger partial charge in [0.25, 0.3) is 0 Å². The monoisotopic (exact) mass is 266 g/mol. The SMILES string of the molecule is Cc1nc(C(C)(C)NC(=O)NCC2CCCC2)no1. The zero-order valence-electron chi connectivity index (χ0n) is 11.8. The molecule has 1 aliphatic rings.